The molecule has 2 heterocycles. The average molecular weight is 551 g/mol. The Morgan fingerprint density at radius 1 is 1.11 bits per heavy atom. The molecule has 0 spiro atoms. The smallest absolute Gasteiger partial charge is 0.425 e. The summed E-state index contributed by atoms with van der Waals surface area (Å²) in [5.41, 5.74) is -0.357. The number of hydrogen-bond acceptors (Lipinski definition) is 6. The van der Waals surface area contributed by atoms with E-state index >= 15 is 0 Å². The molecule has 1 saturated carbocycles. The molecule has 2 unspecified atom stereocenters. The lowest BCUT2D eigenvalue weighted by atomic mass is 10.2. The van der Waals surface area contributed by atoms with Crippen LogP contribution in [-0.4, -0.2) is 36.3 Å². The van der Waals surface area contributed by atoms with Crippen molar-refractivity contribution in [1.29, 1.82) is 0 Å². The van der Waals surface area contributed by atoms with Crippen molar-refractivity contribution in [3.8, 4) is 17.5 Å². The zero-order valence-electron chi connectivity index (χ0n) is 20.0. The van der Waals surface area contributed by atoms with Crippen LogP contribution in [0.1, 0.15) is 30.9 Å². The standard InChI is InChI=1S/C25H22ClF3N4O5/c1-31-21-20(22(35)33(24(31)36)16-9-10-17(34)11-16)32(13-14-5-7-15(26)8-6-14)23(30-21)37-18-3-2-4-19(12-18)38-25(27,28)29/h2-8,12,16-17,34H,9-11,13H2,1H3. The average Bonchev–Trinajstić information content (AvgIpc) is 3.42. The van der Waals surface area contributed by atoms with Gasteiger partial charge in [-0.15, -0.1) is 13.2 Å². The van der Waals surface area contributed by atoms with E-state index in [9.17, 15) is 27.9 Å². The molecule has 0 aliphatic heterocycles. The van der Waals surface area contributed by atoms with Crippen molar-refractivity contribution in [2.75, 3.05) is 0 Å². The van der Waals surface area contributed by atoms with Gasteiger partial charge in [0.25, 0.3) is 5.56 Å². The third-order valence-electron chi connectivity index (χ3n) is 6.39. The summed E-state index contributed by atoms with van der Waals surface area (Å²) in [6.45, 7) is 0.0858. The number of imidazole rings is 1. The minimum absolute atomic E-state index is 0.0244. The van der Waals surface area contributed by atoms with Gasteiger partial charge in [-0.3, -0.25) is 18.5 Å². The molecule has 0 bridgehead atoms. The van der Waals surface area contributed by atoms with Gasteiger partial charge in [0.1, 0.15) is 11.5 Å². The van der Waals surface area contributed by atoms with Crippen LogP contribution in [0.25, 0.3) is 11.2 Å². The summed E-state index contributed by atoms with van der Waals surface area (Å²) in [5.74, 6) is -0.520. The first-order valence-corrected chi connectivity index (χ1v) is 12.1. The molecule has 1 fully saturated rings. The second-order valence-corrected chi connectivity index (χ2v) is 9.48. The lowest BCUT2D eigenvalue weighted by molar-refractivity contribution is -0.274. The van der Waals surface area contributed by atoms with E-state index in [-0.39, 0.29) is 35.9 Å². The van der Waals surface area contributed by atoms with E-state index in [2.05, 4.69) is 9.72 Å². The summed E-state index contributed by atoms with van der Waals surface area (Å²) in [7, 11) is 1.47. The number of aliphatic hydroxyl groups is 1. The predicted octanol–water partition coefficient (Wildman–Crippen LogP) is 4.38. The van der Waals surface area contributed by atoms with E-state index in [1.54, 1.807) is 24.3 Å². The van der Waals surface area contributed by atoms with Crippen LogP contribution in [0.15, 0.2) is 58.1 Å². The van der Waals surface area contributed by atoms with Gasteiger partial charge in [-0.2, -0.15) is 4.98 Å². The largest absolute Gasteiger partial charge is 0.573 e. The Kier molecular flexibility index (Phi) is 6.70. The topological polar surface area (TPSA) is 101 Å². The predicted molar refractivity (Wildman–Crippen MR) is 132 cm³/mol. The maximum atomic E-state index is 13.7. The monoisotopic (exact) mass is 550 g/mol. The van der Waals surface area contributed by atoms with E-state index in [4.69, 9.17) is 16.3 Å². The number of benzene rings is 2. The van der Waals surface area contributed by atoms with E-state index < -0.39 is 35.5 Å². The van der Waals surface area contributed by atoms with Gasteiger partial charge in [-0.25, -0.2) is 4.79 Å². The van der Waals surface area contributed by atoms with Crippen molar-refractivity contribution in [1.82, 2.24) is 18.7 Å². The van der Waals surface area contributed by atoms with Crippen molar-refractivity contribution in [3.63, 3.8) is 0 Å². The summed E-state index contributed by atoms with van der Waals surface area (Å²) in [5, 5.41) is 10.5. The number of aromatic nitrogens is 4. The zero-order valence-corrected chi connectivity index (χ0v) is 20.7. The van der Waals surface area contributed by atoms with Crippen molar-refractivity contribution < 1.29 is 27.8 Å². The lowest BCUT2D eigenvalue weighted by Gasteiger charge is -2.15. The summed E-state index contributed by atoms with van der Waals surface area (Å²) in [4.78, 5) is 31.3. The summed E-state index contributed by atoms with van der Waals surface area (Å²) in [6.07, 6.45) is -4.31. The molecule has 2 atom stereocenters. The summed E-state index contributed by atoms with van der Waals surface area (Å²) >= 11 is 6.01. The third-order valence-corrected chi connectivity index (χ3v) is 6.64. The number of aliphatic hydroxyl groups excluding tert-OH is 1. The fourth-order valence-corrected chi connectivity index (χ4v) is 4.77. The number of rotatable bonds is 6. The maximum Gasteiger partial charge on any atom is 0.573 e. The lowest BCUT2D eigenvalue weighted by Crippen LogP contribution is -2.41. The molecule has 0 radical (unpaired) electrons. The highest BCUT2D eigenvalue weighted by Gasteiger charge is 2.32. The van der Waals surface area contributed by atoms with Gasteiger partial charge < -0.3 is 14.6 Å². The second kappa shape index (κ2) is 9.84. The highest BCUT2D eigenvalue weighted by Crippen LogP contribution is 2.31. The normalized spacial score (nSPS) is 17.7. The second-order valence-electron chi connectivity index (χ2n) is 9.04. The fourth-order valence-electron chi connectivity index (χ4n) is 4.65. The van der Waals surface area contributed by atoms with Crippen LogP contribution >= 0.6 is 11.6 Å². The van der Waals surface area contributed by atoms with E-state index in [1.165, 1.54) is 28.3 Å². The Balaban J connectivity index is 1.66. The quantitative estimate of drug-likeness (QED) is 0.382. The molecule has 0 saturated heterocycles. The summed E-state index contributed by atoms with van der Waals surface area (Å²) in [6, 6.07) is 11.1. The molecule has 4 aromatic rings. The molecule has 2 aromatic heterocycles. The molecule has 0 amide bonds. The van der Waals surface area contributed by atoms with Crippen LogP contribution < -0.4 is 20.7 Å². The first-order chi connectivity index (χ1) is 18.0. The number of hydrogen-bond donors (Lipinski definition) is 1. The van der Waals surface area contributed by atoms with Crippen molar-refractivity contribution in [3.05, 3.63) is 80.0 Å². The van der Waals surface area contributed by atoms with Crippen molar-refractivity contribution in [2.45, 2.75) is 44.3 Å². The summed E-state index contributed by atoms with van der Waals surface area (Å²) < 4.78 is 51.8. The highest BCUT2D eigenvalue weighted by molar-refractivity contribution is 6.30. The van der Waals surface area contributed by atoms with Gasteiger partial charge in [0, 0.05) is 24.2 Å². The van der Waals surface area contributed by atoms with Gasteiger partial charge >= 0.3 is 18.1 Å². The van der Waals surface area contributed by atoms with Gasteiger partial charge in [-0.1, -0.05) is 29.8 Å². The highest BCUT2D eigenvalue weighted by atomic mass is 35.5. The van der Waals surface area contributed by atoms with Gasteiger partial charge in [-0.05, 0) is 49.1 Å². The van der Waals surface area contributed by atoms with E-state index in [0.717, 1.165) is 22.3 Å². The van der Waals surface area contributed by atoms with Crippen LogP contribution in [0.4, 0.5) is 13.2 Å². The van der Waals surface area contributed by atoms with E-state index in [1.807, 2.05) is 0 Å². The molecule has 1 aliphatic carbocycles. The van der Waals surface area contributed by atoms with Crippen molar-refractivity contribution in [2.24, 2.45) is 7.05 Å². The minimum atomic E-state index is -4.89. The molecule has 5 rings (SSSR count). The van der Waals surface area contributed by atoms with Crippen molar-refractivity contribution >= 4 is 22.8 Å². The Bertz CT molecular complexity index is 1610. The Morgan fingerprint density at radius 2 is 1.82 bits per heavy atom. The third kappa shape index (κ3) is 5.14. The Labute approximate surface area is 218 Å². The molecule has 200 valence electrons. The van der Waals surface area contributed by atoms with Crippen LogP contribution in [0.5, 0.6) is 17.5 Å². The Hall–Kier alpha value is -3.77. The number of aryl methyl sites for hydroxylation is 1. The Morgan fingerprint density at radius 3 is 2.47 bits per heavy atom. The SMILES string of the molecule is Cn1c(=O)n(C2CCC(O)C2)c(=O)c2c1nc(Oc1cccc(OC(F)(F)F)c1)n2Cc1ccc(Cl)cc1. The van der Waals surface area contributed by atoms with Crippen LogP contribution in [-0.2, 0) is 13.6 Å². The van der Waals surface area contributed by atoms with Gasteiger partial charge in [0.05, 0.1) is 12.6 Å². The first kappa shape index (κ1) is 25.9. The molecule has 9 nitrogen and oxygen atoms in total. The fraction of sp³-hybridized carbons (Fsp3) is 0.320. The number of alkyl halides is 3. The molecular weight excluding hydrogens is 529 g/mol. The number of halogens is 4. The van der Waals surface area contributed by atoms with Gasteiger partial charge in [0.15, 0.2) is 11.2 Å². The first-order valence-electron chi connectivity index (χ1n) is 11.7. The van der Waals surface area contributed by atoms with Crippen LogP contribution in [0, 0.1) is 0 Å². The molecule has 1 aliphatic rings. The van der Waals surface area contributed by atoms with Crippen LogP contribution in [0.3, 0.4) is 0 Å². The zero-order chi connectivity index (χ0) is 27.2. The molecule has 13 heteroatoms. The molecule has 1 N–H and O–H groups in total. The molecule has 38 heavy (non-hydrogen) atoms. The van der Waals surface area contributed by atoms with Gasteiger partial charge in [0.2, 0.25) is 0 Å². The van der Waals surface area contributed by atoms with Crippen LogP contribution in [0.2, 0.25) is 5.02 Å². The number of fused-ring (bicyclic) bond motifs is 1. The molecular formula is C25H22ClF3N4O5. The van der Waals surface area contributed by atoms with E-state index in [0.29, 0.717) is 17.9 Å². The number of ether oxygens (including phenoxy) is 2. The number of nitrogens with zero attached hydrogens (tertiary/aromatic N) is 4. The maximum absolute atomic E-state index is 13.7. The minimum Gasteiger partial charge on any atom is -0.425 e. The molecule has 2 aromatic carbocycles.